The smallest absolute Gasteiger partial charge is 0.281 e. The fraction of sp³-hybridized carbons (Fsp3) is 0.333. The van der Waals surface area contributed by atoms with Crippen molar-refractivity contribution in [2.24, 2.45) is 16.5 Å². The number of hydrogen-bond donors (Lipinski definition) is 2. The molecular formula is C12H16BrN3O3S. The van der Waals surface area contributed by atoms with Crippen LogP contribution < -0.4 is 11.5 Å². The summed E-state index contributed by atoms with van der Waals surface area (Å²) in [5.74, 6) is -1.06. The van der Waals surface area contributed by atoms with Crippen molar-refractivity contribution in [3.63, 3.8) is 0 Å². The van der Waals surface area contributed by atoms with Crippen LogP contribution in [0.4, 0.5) is 0 Å². The molecule has 20 heavy (non-hydrogen) atoms. The van der Waals surface area contributed by atoms with Crippen molar-refractivity contribution in [1.82, 2.24) is 0 Å². The molecule has 0 saturated heterocycles. The lowest BCUT2D eigenvalue weighted by Gasteiger charge is -2.12. The Morgan fingerprint density at radius 2 is 1.95 bits per heavy atom. The SMILES string of the molecule is CCCc1ccc(C(=O)N=C(N)N)c(Br)c1S(C)(=O)=O. The third-order valence-electron chi connectivity index (χ3n) is 2.53. The van der Waals surface area contributed by atoms with Gasteiger partial charge in [0, 0.05) is 10.7 Å². The summed E-state index contributed by atoms with van der Waals surface area (Å²) in [4.78, 5) is 15.4. The van der Waals surface area contributed by atoms with Crippen molar-refractivity contribution < 1.29 is 13.2 Å². The minimum Gasteiger partial charge on any atom is -0.370 e. The Morgan fingerprint density at radius 3 is 2.40 bits per heavy atom. The summed E-state index contributed by atoms with van der Waals surface area (Å²) in [5.41, 5.74) is 11.1. The van der Waals surface area contributed by atoms with E-state index in [0.717, 1.165) is 12.7 Å². The highest BCUT2D eigenvalue weighted by molar-refractivity contribution is 9.10. The van der Waals surface area contributed by atoms with Crippen LogP contribution in [0.5, 0.6) is 0 Å². The molecule has 1 aromatic rings. The summed E-state index contributed by atoms with van der Waals surface area (Å²) in [6.07, 6.45) is 2.48. The maximum absolute atomic E-state index is 11.9. The first-order chi connectivity index (χ1) is 9.18. The van der Waals surface area contributed by atoms with E-state index in [1.807, 2.05) is 6.92 Å². The quantitative estimate of drug-likeness (QED) is 0.617. The summed E-state index contributed by atoms with van der Waals surface area (Å²) < 4.78 is 24.0. The number of amides is 1. The second kappa shape index (κ2) is 6.36. The van der Waals surface area contributed by atoms with Gasteiger partial charge < -0.3 is 11.5 Å². The Hall–Kier alpha value is -1.41. The number of halogens is 1. The third-order valence-corrected chi connectivity index (χ3v) is 4.82. The lowest BCUT2D eigenvalue weighted by molar-refractivity contribution is 0.100. The van der Waals surface area contributed by atoms with Crippen molar-refractivity contribution in [3.8, 4) is 0 Å². The molecule has 0 unspecified atom stereocenters. The van der Waals surface area contributed by atoms with Crippen LogP contribution in [0.15, 0.2) is 26.5 Å². The molecule has 6 nitrogen and oxygen atoms in total. The largest absolute Gasteiger partial charge is 0.370 e. The van der Waals surface area contributed by atoms with E-state index in [2.05, 4.69) is 20.9 Å². The minimum atomic E-state index is -3.48. The number of sulfone groups is 1. The first-order valence-corrected chi connectivity index (χ1v) is 8.52. The van der Waals surface area contributed by atoms with Gasteiger partial charge in [0.25, 0.3) is 5.91 Å². The standard InChI is InChI=1S/C12H16BrN3O3S/c1-3-4-7-5-6-8(11(17)16-12(14)15)9(13)10(7)20(2,18)19/h5-6H,3-4H2,1-2H3,(H4,14,15,16,17). The Morgan fingerprint density at radius 1 is 1.35 bits per heavy atom. The molecule has 0 aliphatic rings. The van der Waals surface area contributed by atoms with E-state index >= 15 is 0 Å². The summed E-state index contributed by atoms with van der Waals surface area (Å²) in [6, 6.07) is 3.12. The number of aryl methyl sites for hydroxylation is 1. The van der Waals surface area contributed by atoms with Crippen molar-refractivity contribution in [1.29, 1.82) is 0 Å². The first-order valence-electron chi connectivity index (χ1n) is 5.83. The first kappa shape index (κ1) is 16.6. The topological polar surface area (TPSA) is 116 Å². The van der Waals surface area contributed by atoms with Crippen LogP contribution in [0.25, 0.3) is 0 Å². The summed E-state index contributed by atoms with van der Waals surface area (Å²) in [6.45, 7) is 1.94. The highest BCUT2D eigenvalue weighted by Gasteiger charge is 2.22. The number of nitrogens with zero attached hydrogens (tertiary/aromatic N) is 1. The Labute approximate surface area is 126 Å². The molecule has 0 bridgehead atoms. The van der Waals surface area contributed by atoms with Gasteiger partial charge in [0.05, 0.1) is 10.5 Å². The third kappa shape index (κ3) is 3.80. The van der Waals surface area contributed by atoms with Gasteiger partial charge in [-0.3, -0.25) is 4.79 Å². The van der Waals surface area contributed by atoms with Crippen LogP contribution in [-0.4, -0.2) is 26.5 Å². The number of nitrogens with two attached hydrogens (primary N) is 2. The predicted octanol–water partition coefficient (Wildman–Crippen LogP) is 1.22. The van der Waals surface area contributed by atoms with Crippen molar-refractivity contribution in [2.75, 3.05) is 6.26 Å². The van der Waals surface area contributed by atoms with Crippen LogP contribution in [0.3, 0.4) is 0 Å². The molecule has 0 spiro atoms. The van der Waals surface area contributed by atoms with Gasteiger partial charge in [0.15, 0.2) is 15.8 Å². The number of carbonyl (C=O) groups is 1. The van der Waals surface area contributed by atoms with Crippen molar-refractivity contribution >= 4 is 37.6 Å². The molecule has 0 aromatic heterocycles. The highest BCUT2D eigenvalue weighted by atomic mass is 79.9. The summed E-state index contributed by atoms with van der Waals surface area (Å²) in [5, 5.41) is 0. The van der Waals surface area contributed by atoms with Gasteiger partial charge in [-0.05, 0) is 34.0 Å². The predicted molar refractivity (Wildman–Crippen MR) is 81.4 cm³/mol. The second-order valence-electron chi connectivity index (χ2n) is 4.28. The molecule has 0 aliphatic carbocycles. The summed E-state index contributed by atoms with van der Waals surface area (Å²) in [7, 11) is -3.48. The van der Waals surface area contributed by atoms with E-state index in [-0.39, 0.29) is 20.9 Å². The van der Waals surface area contributed by atoms with Gasteiger partial charge in [0.1, 0.15) is 0 Å². The van der Waals surface area contributed by atoms with Gasteiger partial charge in [-0.15, -0.1) is 0 Å². The number of carbonyl (C=O) groups excluding carboxylic acids is 1. The normalized spacial score (nSPS) is 11.2. The summed E-state index contributed by atoms with van der Waals surface area (Å²) >= 11 is 3.18. The van der Waals surface area contributed by atoms with Gasteiger partial charge in [0.2, 0.25) is 0 Å². The fourth-order valence-corrected chi connectivity index (χ4v) is 4.33. The Kier molecular flexibility index (Phi) is 5.29. The number of guanidine groups is 1. The lowest BCUT2D eigenvalue weighted by Crippen LogP contribution is -2.24. The molecule has 0 atom stereocenters. The van der Waals surface area contributed by atoms with E-state index in [4.69, 9.17) is 11.5 Å². The molecule has 0 fully saturated rings. The van der Waals surface area contributed by atoms with Gasteiger partial charge in [-0.25, -0.2) is 8.42 Å². The van der Waals surface area contributed by atoms with Gasteiger partial charge >= 0.3 is 0 Å². The number of benzene rings is 1. The highest BCUT2D eigenvalue weighted by Crippen LogP contribution is 2.30. The van der Waals surface area contributed by atoms with E-state index in [0.29, 0.717) is 12.0 Å². The molecule has 0 saturated carbocycles. The average molecular weight is 362 g/mol. The molecule has 110 valence electrons. The fourth-order valence-electron chi connectivity index (χ4n) is 1.81. The van der Waals surface area contributed by atoms with Crippen molar-refractivity contribution in [3.05, 3.63) is 27.7 Å². The van der Waals surface area contributed by atoms with E-state index in [1.165, 1.54) is 6.07 Å². The Balaban J connectivity index is 3.55. The average Bonchev–Trinajstić information content (AvgIpc) is 2.26. The van der Waals surface area contributed by atoms with Gasteiger partial charge in [-0.1, -0.05) is 19.4 Å². The van der Waals surface area contributed by atoms with E-state index in [9.17, 15) is 13.2 Å². The molecule has 8 heteroatoms. The molecule has 0 aliphatic heterocycles. The second-order valence-corrected chi connectivity index (χ2v) is 7.02. The van der Waals surface area contributed by atoms with Crippen LogP contribution in [-0.2, 0) is 16.3 Å². The Bertz CT molecular complexity index is 665. The molecule has 0 heterocycles. The molecule has 0 radical (unpaired) electrons. The molecule has 1 rings (SSSR count). The minimum absolute atomic E-state index is 0.107. The van der Waals surface area contributed by atoms with E-state index < -0.39 is 15.7 Å². The monoisotopic (exact) mass is 361 g/mol. The zero-order valence-corrected chi connectivity index (χ0v) is 13.6. The molecule has 1 aromatic carbocycles. The number of aliphatic imine (C=N–C) groups is 1. The van der Waals surface area contributed by atoms with Crippen LogP contribution in [0.2, 0.25) is 0 Å². The van der Waals surface area contributed by atoms with Gasteiger partial charge in [-0.2, -0.15) is 4.99 Å². The van der Waals surface area contributed by atoms with Crippen molar-refractivity contribution in [2.45, 2.75) is 24.7 Å². The molecular weight excluding hydrogens is 346 g/mol. The zero-order chi connectivity index (χ0) is 15.5. The maximum Gasteiger partial charge on any atom is 0.281 e. The van der Waals surface area contributed by atoms with Crippen LogP contribution in [0.1, 0.15) is 29.3 Å². The lowest BCUT2D eigenvalue weighted by atomic mass is 10.1. The molecule has 4 N–H and O–H groups in total. The van der Waals surface area contributed by atoms with E-state index in [1.54, 1.807) is 6.07 Å². The van der Waals surface area contributed by atoms with Crippen LogP contribution >= 0.6 is 15.9 Å². The van der Waals surface area contributed by atoms with Crippen LogP contribution in [0, 0.1) is 0 Å². The maximum atomic E-state index is 11.9. The number of hydrogen-bond acceptors (Lipinski definition) is 3. The zero-order valence-electron chi connectivity index (χ0n) is 11.2. The molecule has 1 amide bonds. The number of rotatable bonds is 4.